The Hall–Kier alpha value is -3.40. The summed E-state index contributed by atoms with van der Waals surface area (Å²) in [7, 11) is 0. The van der Waals surface area contributed by atoms with Crippen LogP contribution in [0.5, 0.6) is 0 Å². The second-order valence-corrected chi connectivity index (χ2v) is 7.93. The Morgan fingerprint density at radius 3 is 2.48 bits per heavy atom. The fraction of sp³-hybridized carbons (Fsp3) is 0.333. The summed E-state index contributed by atoms with van der Waals surface area (Å²) < 4.78 is 10.2. The quantitative estimate of drug-likeness (QED) is 0.534. The molecule has 1 aromatic heterocycles. The third-order valence-corrected chi connectivity index (χ3v) is 5.85. The fourth-order valence-corrected chi connectivity index (χ4v) is 4.53. The van der Waals surface area contributed by atoms with Gasteiger partial charge in [0.25, 0.3) is 5.91 Å². The highest BCUT2D eigenvalue weighted by Gasteiger charge is 2.28. The molecule has 4 N–H and O–H groups in total. The molecule has 1 aliphatic rings. The molecular weight excluding hydrogens is 422 g/mol. The van der Waals surface area contributed by atoms with E-state index in [1.54, 1.807) is 19.1 Å². The number of benzene rings is 1. The van der Waals surface area contributed by atoms with Crippen LogP contribution in [0, 0.1) is 0 Å². The van der Waals surface area contributed by atoms with Crippen molar-refractivity contribution >= 4 is 40.2 Å². The Kier molecular flexibility index (Phi) is 7.24. The Balaban J connectivity index is 1.57. The van der Waals surface area contributed by atoms with Crippen molar-refractivity contribution in [3.8, 4) is 0 Å². The summed E-state index contributed by atoms with van der Waals surface area (Å²) in [6.45, 7) is 1.71. The smallest absolute Gasteiger partial charge is 0.341 e. The normalized spacial score (nSPS) is 12.0. The highest BCUT2D eigenvalue weighted by Crippen LogP contribution is 2.39. The van der Waals surface area contributed by atoms with Crippen LogP contribution in [-0.4, -0.2) is 37.1 Å². The van der Waals surface area contributed by atoms with Gasteiger partial charge in [-0.05, 0) is 49.4 Å². The number of hydrogen-bond acceptors (Lipinski definition) is 7. The van der Waals surface area contributed by atoms with Crippen LogP contribution < -0.4 is 16.4 Å². The predicted molar refractivity (Wildman–Crippen MR) is 114 cm³/mol. The maximum atomic E-state index is 12.3. The molecule has 31 heavy (non-hydrogen) atoms. The molecule has 0 radical (unpaired) electrons. The van der Waals surface area contributed by atoms with Gasteiger partial charge in [0.05, 0.1) is 17.7 Å². The minimum atomic E-state index is -0.663. The maximum Gasteiger partial charge on any atom is 0.341 e. The number of ether oxygens (including phenoxy) is 2. The van der Waals surface area contributed by atoms with Gasteiger partial charge in [-0.1, -0.05) is 12.1 Å². The fourth-order valence-electron chi connectivity index (χ4n) is 3.24. The SMILES string of the molecule is CCOC(=O)c1c(NC(=O)COC(=O)c2ccc(CNC(N)=O)cc2)sc2c1CCC2. The van der Waals surface area contributed by atoms with Gasteiger partial charge in [0.1, 0.15) is 5.00 Å². The van der Waals surface area contributed by atoms with Crippen molar-refractivity contribution in [3.63, 3.8) is 0 Å². The Morgan fingerprint density at radius 2 is 1.81 bits per heavy atom. The average Bonchev–Trinajstić information content (AvgIpc) is 3.31. The van der Waals surface area contributed by atoms with Crippen LogP contribution in [0.1, 0.15) is 50.1 Å². The lowest BCUT2D eigenvalue weighted by atomic mass is 10.1. The van der Waals surface area contributed by atoms with Crippen LogP contribution in [0.2, 0.25) is 0 Å². The molecule has 0 spiro atoms. The van der Waals surface area contributed by atoms with Crippen molar-refractivity contribution in [2.75, 3.05) is 18.5 Å². The number of fused-ring (bicyclic) bond motifs is 1. The molecule has 0 unspecified atom stereocenters. The van der Waals surface area contributed by atoms with Crippen LogP contribution in [-0.2, 0) is 33.7 Å². The van der Waals surface area contributed by atoms with Crippen molar-refractivity contribution < 1.29 is 28.7 Å². The van der Waals surface area contributed by atoms with Crippen molar-refractivity contribution in [1.29, 1.82) is 0 Å². The number of hydrogen-bond donors (Lipinski definition) is 3. The van der Waals surface area contributed by atoms with Crippen LogP contribution in [0.25, 0.3) is 0 Å². The van der Waals surface area contributed by atoms with E-state index in [1.807, 2.05) is 0 Å². The van der Waals surface area contributed by atoms with Gasteiger partial charge in [0.15, 0.2) is 6.61 Å². The van der Waals surface area contributed by atoms with Crippen molar-refractivity contribution in [3.05, 3.63) is 51.4 Å². The van der Waals surface area contributed by atoms with E-state index in [4.69, 9.17) is 15.2 Å². The molecule has 3 rings (SSSR count). The summed E-state index contributed by atoms with van der Waals surface area (Å²) in [5.74, 6) is -1.66. The van der Waals surface area contributed by atoms with Gasteiger partial charge in [0.2, 0.25) is 0 Å². The summed E-state index contributed by atoms with van der Waals surface area (Å²) in [5, 5.41) is 5.54. The van der Waals surface area contributed by atoms with E-state index in [0.717, 1.165) is 35.3 Å². The number of primary amides is 1. The first-order valence-electron chi connectivity index (χ1n) is 9.80. The Labute approximate surface area is 182 Å². The molecule has 2 aromatic rings. The number of anilines is 1. The number of carbonyl (C=O) groups is 4. The van der Waals surface area contributed by atoms with Crippen molar-refractivity contribution in [2.45, 2.75) is 32.7 Å². The molecule has 1 aliphatic carbocycles. The van der Waals surface area contributed by atoms with Gasteiger partial charge in [0, 0.05) is 11.4 Å². The van der Waals surface area contributed by atoms with Crippen LogP contribution >= 0.6 is 11.3 Å². The topological polar surface area (TPSA) is 137 Å². The summed E-state index contributed by atoms with van der Waals surface area (Å²) in [4.78, 5) is 48.7. The Bertz CT molecular complexity index is 999. The van der Waals surface area contributed by atoms with E-state index in [9.17, 15) is 19.2 Å². The zero-order valence-electron chi connectivity index (χ0n) is 17.0. The van der Waals surface area contributed by atoms with E-state index < -0.39 is 30.5 Å². The zero-order valence-corrected chi connectivity index (χ0v) is 17.8. The number of nitrogens with one attached hydrogen (secondary N) is 2. The molecule has 0 atom stereocenters. The molecular formula is C21H23N3O6S. The van der Waals surface area contributed by atoms with Gasteiger partial charge in [-0.2, -0.15) is 0 Å². The molecule has 0 fully saturated rings. The van der Waals surface area contributed by atoms with Gasteiger partial charge in [-0.15, -0.1) is 11.3 Å². The standard InChI is InChI=1S/C21H23N3O6S/c1-2-29-20(27)17-14-4-3-5-15(14)31-18(17)24-16(25)11-30-19(26)13-8-6-12(7-9-13)10-23-21(22)28/h6-9H,2-5,10-11H2,1H3,(H,24,25)(H3,22,23,28). The van der Waals surface area contributed by atoms with Gasteiger partial charge in [-0.25, -0.2) is 14.4 Å². The average molecular weight is 445 g/mol. The van der Waals surface area contributed by atoms with E-state index in [-0.39, 0.29) is 18.7 Å². The van der Waals surface area contributed by atoms with E-state index >= 15 is 0 Å². The summed E-state index contributed by atoms with van der Waals surface area (Å²) in [5.41, 5.74) is 7.37. The second kappa shape index (κ2) is 10.1. The van der Waals surface area contributed by atoms with Crippen LogP contribution in [0.15, 0.2) is 24.3 Å². The lowest BCUT2D eigenvalue weighted by Gasteiger charge is -2.09. The van der Waals surface area contributed by atoms with Crippen molar-refractivity contribution in [2.24, 2.45) is 5.73 Å². The van der Waals surface area contributed by atoms with Crippen molar-refractivity contribution in [1.82, 2.24) is 5.32 Å². The number of aryl methyl sites for hydroxylation is 1. The largest absolute Gasteiger partial charge is 0.462 e. The molecule has 10 heteroatoms. The Morgan fingerprint density at radius 1 is 1.06 bits per heavy atom. The van der Waals surface area contributed by atoms with E-state index in [0.29, 0.717) is 10.6 Å². The summed E-state index contributed by atoms with van der Waals surface area (Å²) in [6.07, 6.45) is 2.61. The number of thiophene rings is 1. The van der Waals surface area contributed by atoms with E-state index in [1.165, 1.54) is 23.5 Å². The first-order chi connectivity index (χ1) is 14.9. The summed E-state index contributed by atoms with van der Waals surface area (Å²) in [6, 6.07) is 5.70. The summed E-state index contributed by atoms with van der Waals surface area (Å²) >= 11 is 1.36. The molecule has 164 valence electrons. The number of esters is 2. The number of amides is 3. The van der Waals surface area contributed by atoms with Crippen LogP contribution in [0.4, 0.5) is 9.80 Å². The number of urea groups is 1. The number of rotatable bonds is 8. The molecule has 1 aromatic carbocycles. The molecule has 0 bridgehead atoms. The first-order valence-corrected chi connectivity index (χ1v) is 10.6. The second-order valence-electron chi connectivity index (χ2n) is 6.82. The first kappa shape index (κ1) is 22.3. The highest BCUT2D eigenvalue weighted by atomic mass is 32.1. The third-order valence-electron chi connectivity index (χ3n) is 4.64. The molecule has 1 heterocycles. The van der Waals surface area contributed by atoms with Crippen LogP contribution in [0.3, 0.4) is 0 Å². The van der Waals surface area contributed by atoms with Gasteiger partial charge in [-0.3, -0.25) is 4.79 Å². The minimum absolute atomic E-state index is 0.237. The lowest BCUT2D eigenvalue weighted by molar-refractivity contribution is -0.119. The minimum Gasteiger partial charge on any atom is -0.462 e. The molecule has 0 saturated carbocycles. The van der Waals surface area contributed by atoms with E-state index in [2.05, 4.69) is 10.6 Å². The molecule has 3 amide bonds. The number of nitrogens with two attached hydrogens (primary N) is 1. The maximum absolute atomic E-state index is 12.3. The van der Waals surface area contributed by atoms with Gasteiger partial charge >= 0.3 is 18.0 Å². The number of carbonyl (C=O) groups excluding carboxylic acids is 4. The van der Waals surface area contributed by atoms with Gasteiger partial charge < -0.3 is 25.8 Å². The lowest BCUT2D eigenvalue weighted by Crippen LogP contribution is -2.28. The molecule has 0 saturated heterocycles. The molecule has 0 aliphatic heterocycles. The predicted octanol–water partition coefficient (Wildman–Crippen LogP) is 2.38. The third kappa shape index (κ3) is 5.60. The molecule has 9 nitrogen and oxygen atoms in total. The zero-order chi connectivity index (χ0) is 22.4. The monoisotopic (exact) mass is 445 g/mol. The highest BCUT2D eigenvalue weighted by molar-refractivity contribution is 7.17.